The standard InChI is InChI=1S/C27H29ClN6O3/c1-6-25(35)30-21-13-20(23(36-5)14-24(21)37-12-11-33(2)3)31-27-29-15-19(28)26(32-27)18-16-34(4)22-10-8-7-9-17(18)22/h6-10,13-16H,1,11-12H2,2-5H3,(H,30,35)(H,29,31,32). The number of amides is 1. The number of aromatic nitrogens is 3. The number of carbonyl (C=O) groups excluding carboxylic acids is 1. The van der Waals surface area contributed by atoms with Crippen LogP contribution in [-0.4, -0.2) is 59.7 Å². The quantitative estimate of drug-likeness (QED) is 0.281. The largest absolute Gasteiger partial charge is 0.494 e. The smallest absolute Gasteiger partial charge is 0.247 e. The van der Waals surface area contributed by atoms with Gasteiger partial charge in [-0.2, -0.15) is 0 Å². The normalized spacial score (nSPS) is 11.0. The highest BCUT2D eigenvalue weighted by molar-refractivity contribution is 6.33. The fourth-order valence-corrected chi connectivity index (χ4v) is 4.03. The van der Waals surface area contributed by atoms with Crippen molar-refractivity contribution in [1.82, 2.24) is 19.4 Å². The molecule has 0 aliphatic carbocycles. The lowest BCUT2D eigenvalue weighted by Gasteiger charge is -2.18. The van der Waals surface area contributed by atoms with Crippen LogP contribution >= 0.6 is 11.6 Å². The van der Waals surface area contributed by atoms with Crippen molar-refractivity contribution in [3.05, 3.63) is 66.5 Å². The van der Waals surface area contributed by atoms with Crippen molar-refractivity contribution < 1.29 is 14.3 Å². The summed E-state index contributed by atoms with van der Waals surface area (Å²) in [5.74, 6) is 0.900. The summed E-state index contributed by atoms with van der Waals surface area (Å²) in [6.45, 7) is 4.66. The molecule has 9 nitrogen and oxygen atoms in total. The Morgan fingerprint density at radius 2 is 2.00 bits per heavy atom. The molecule has 0 fully saturated rings. The first kappa shape index (κ1) is 26.0. The van der Waals surface area contributed by atoms with Crippen molar-refractivity contribution in [3.8, 4) is 22.8 Å². The lowest BCUT2D eigenvalue weighted by molar-refractivity contribution is -0.111. The van der Waals surface area contributed by atoms with E-state index in [0.717, 1.165) is 16.5 Å². The molecule has 192 valence electrons. The molecular weight excluding hydrogens is 492 g/mol. The highest BCUT2D eigenvalue weighted by Gasteiger charge is 2.17. The van der Waals surface area contributed by atoms with Crippen molar-refractivity contribution in [2.24, 2.45) is 7.05 Å². The van der Waals surface area contributed by atoms with Crippen LogP contribution in [0.2, 0.25) is 5.02 Å². The van der Waals surface area contributed by atoms with Crippen molar-refractivity contribution in [1.29, 1.82) is 0 Å². The zero-order valence-electron chi connectivity index (χ0n) is 21.2. The van der Waals surface area contributed by atoms with Crippen LogP contribution in [0.3, 0.4) is 0 Å². The molecule has 0 saturated carbocycles. The lowest BCUT2D eigenvalue weighted by atomic mass is 10.1. The molecule has 4 aromatic rings. The maximum Gasteiger partial charge on any atom is 0.247 e. The molecule has 0 saturated heterocycles. The summed E-state index contributed by atoms with van der Waals surface area (Å²) in [5.41, 5.74) is 3.54. The number of methoxy groups -OCH3 is 1. The first-order valence-corrected chi connectivity index (χ1v) is 12.0. The Bertz CT molecular complexity index is 1450. The number of ether oxygens (including phenoxy) is 2. The third kappa shape index (κ3) is 5.84. The van der Waals surface area contributed by atoms with Gasteiger partial charge in [-0.25, -0.2) is 9.97 Å². The number of aryl methyl sites for hydroxylation is 1. The summed E-state index contributed by atoms with van der Waals surface area (Å²) in [6.07, 6.45) is 4.74. The molecule has 2 aromatic heterocycles. The van der Waals surface area contributed by atoms with Gasteiger partial charge in [0.05, 0.1) is 35.4 Å². The molecule has 0 bridgehead atoms. The number of hydrogen-bond acceptors (Lipinski definition) is 7. The van der Waals surface area contributed by atoms with E-state index in [1.54, 1.807) is 25.4 Å². The molecular formula is C27H29ClN6O3. The maximum absolute atomic E-state index is 12.1. The third-order valence-corrected chi connectivity index (χ3v) is 5.96. The molecule has 4 rings (SSSR count). The van der Waals surface area contributed by atoms with Gasteiger partial charge in [0.15, 0.2) is 0 Å². The molecule has 2 aromatic carbocycles. The predicted octanol–water partition coefficient (Wildman–Crippen LogP) is 5.11. The zero-order valence-corrected chi connectivity index (χ0v) is 22.0. The number of rotatable bonds is 10. The first-order chi connectivity index (χ1) is 17.8. The summed E-state index contributed by atoms with van der Waals surface area (Å²) in [5, 5.41) is 7.44. The fraction of sp³-hybridized carbons (Fsp3) is 0.222. The number of hydrogen-bond donors (Lipinski definition) is 2. The Hall–Kier alpha value is -4.08. The molecule has 10 heteroatoms. The number of benzene rings is 2. The van der Waals surface area contributed by atoms with Gasteiger partial charge in [0.2, 0.25) is 11.9 Å². The summed E-state index contributed by atoms with van der Waals surface area (Å²) in [4.78, 5) is 23.2. The van der Waals surface area contributed by atoms with Gasteiger partial charge < -0.3 is 29.6 Å². The summed E-state index contributed by atoms with van der Waals surface area (Å²) in [6, 6.07) is 11.5. The van der Waals surface area contributed by atoms with Gasteiger partial charge in [-0.05, 0) is 32.3 Å². The van der Waals surface area contributed by atoms with E-state index < -0.39 is 0 Å². The molecule has 0 aliphatic heterocycles. The highest BCUT2D eigenvalue weighted by Crippen LogP contribution is 2.39. The van der Waals surface area contributed by atoms with E-state index in [1.807, 2.05) is 61.1 Å². The molecule has 0 unspecified atom stereocenters. The van der Waals surface area contributed by atoms with E-state index in [4.69, 9.17) is 26.1 Å². The van der Waals surface area contributed by atoms with Crippen molar-refractivity contribution in [2.75, 3.05) is 45.0 Å². The second-order valence-corrected chi connectivity index (χ2v) is 8.99. The van der Waals surface area contributed by atoms with E-state index in [9.17, 15) is 4.79 Å². The van der Waals surface area contributed by atoms with Gasteiger partial charge in [0.1, 0.15) is 18.1 Å². The topological polar surface area (TPSA) is 93.5 Å². The minimum atomic E-state index is -0.366. The van der Waals surface area contributed by atoms with Crippen molar-refractivity contribution in [3.63, 3.8) is 0 Å². The van der Waals surface area contributed by atoms with Crippen LogP contribution in [0.5, 0.6) is 11.5 Å². The van der Waals surface area contributed by atoms with Gasteiger partial charge in [-0.3, -0.25) is 4.79 Å². The third-order valence-electron chi connectivity index (χ3n) is 5.68. The van der Waals surface area contributed by atoms with Crippen molar-refractivity contribution >= 4 is 45.7 Å². The molecule has 1 amide bonds. The molecule has 0 spiro atoms. The fourth-order valence-electron chi connectivity index (χ4n) is 3.83. The molecule has 2 N–H and O–H groups in total. The number of para-hydroxylation sites is 1. The first-order valence-electron chi connectivity index (χ1n) is 11.6. The number of halogens is 1. The highest BCUT2D eigenvalue weighted by atomic mass is 35.5. The Balaban J connectivity index is 1.71. The van der Waals surface area contributed by atoms with Crippen LogP contribution in [-0.2, 0) is 11.8 Å². The van der Waals surface area contributed by atoms with E-state index in [-0.39, 0.29) is 5.91 Å². The Labute approximate surface area is 220 Å². The van der Waals surface area contributed by atoms with Crippen molar-refractivity contribution in [2.45, 2.75) is 0 Å². The summed E-state index contributed by atoms with van der Waals surface area (Å²) >= 11 is 6.53. The lowest BCUT2D eigenvalue weighted by Crippen LogP contribution is -2.20. The average molecular weight is 521 g/mol. The van der Waals surface area contributed by atoms with Crippen LogP contribution < -0.4 is 20.1 Å². The minimum absolute atomic E-state index is 0.313. The van der Waals surface area contributed by atoms with E-state index >= 15 is 0 Å². The predicted molar refractivity (Wildman–Crippen MR) is 148 cm³/mol. The molecule has 0 radical (unpaired) electrons. The zero-order chi connectivity index (χ0) is 26.5. The maximum atomic E-state index is 12.1. The van der Waals surface area contributed by atoms with E-state index in [0.29, 0.717) is 52.7 Å². The van der Waals surface area contributed by atoms with Crippen LogP contribution in [0, 0.1) is 0 Å². The number of nitrogens with one attached hydrogen (secondary N) is 2. The van der Waals surface area contributed by atoms with Gasteiger partial charge in [-0.1, -0.05) is 36.4 Å². The number of carbonyl (C=O) groups is 1. The van der Waals surface area contributed by atoms with Crippen LogP contribution in [0.1, 0.15) is 0 Å². The number of likely N-dealkylation sites (N-methyl/N-ethyl adjacent to an activating group) is 1. The minimum Gasteiger partial charge on any atom is -0.494 e. The van der Waals surface area contributed by atoms with Gasteiger partial charge in [0, 0.05) is 42.3 Å². The second kappa shape index (κ2) is 11.3. The monoisotopic (exact) mass is 520 g/mol. The molecule has 0 aliphatic rings. The number of nitrogens with zero attached hydrogens (tertiary/aromatic N) is 4. The van der Waals surface area contributed by atoms with E-state index in [2.05, 4.69) is 22.2 Å². The van der Waals surface area contributed by atoms with Crippen LogP contribution in [0.25, 0.3) is 22.2 Å². The average Bonchev–Trinajstić information content (AvgIpc) is 3.22. The van der Waals surface area contributed by atoms with Gasteiger partial charge in [0.25, 0.3) is 0 Å². The Kier molecular flexibility index (Phi) is 7.95. The Morgan fingerprint density at radius 3 is 2.73 bits per heavy atom. The number of fused-ring (bicyclic) bond motifs is 1. The molecule has 0 atom stereocenters. The van der Waals surface area contributed by atoms with Crippen LogP contribution in [0.4, 0.5) is 17.3 Å². The summed E-state index contributed by atoms with van der Waals surface area (Å²) < 4.78 is 13.6. The number of anilines is 3. The second-order valence-electron chi connectivity index (χ2n) is 8.58. The van der Waals surface area contributed by atoms with Crippen LogP contribution in [0.15, 0.2) is 61.4 Å². The summed E-state index contributed by atoms with van der Waals surface area (Å²) in [7, 11) is 7.44. The Morgan fingerprint density at radius 1 is 1.22 bits per heavy atom. The molecule has 2 heterocycles. The van der Waals surface area contributed by atoms with E-state index in [1.165, 1.54) is 6.08 Å². The SMILES string of the molecule is C=CC(=O)Nc1cc(Nc2ncc(Cl)c(-c3cn(C)c4ccccc34)n2)c(OC)cc1OCCN(C)C. The van der Waals surface area contributed by atoms with Gasteiger partial charge in [-0.15, -0.1) is 0 Å². The molecule has 37 heavy (non-hydrogen) atoms. The van der Waals surface area contributed by atoms with Gasteiger partial charge >= 0.3 is 0 Å².